The number of halogens is 1. The number of hydrazine groups is 2. The number of carbonyl (C=O) groups excluding carboxylic acids is 1. The summed E-state index contributed by atoms with van der Waals surface area (Å²) in [7, 11) is 0. The van der Waals surface area contributed by atoms with E-state index >= 15 is 0 Å². The van der Waals surface area contributed by atoms with E-state index in [1.54, 1.807) is 0 Å². The summed E-state index contributed by atoms with van der Waals surface area (Å²) in [4.78, 5) is 9.81. The van der Waals surface area contributed by atoms with Crippen molar-refractivity contribution in [3.63, 3.8) is 0 Å². The van der Waals surface area contributed by atoms with Crippen LogP contribution >= 0.6 is 11.6 Å². The normalized spacial score (nSPS) is 13.1. The van der Waals surface area contributed by atoms with Gasteiger partial charge in [0.15, 0.2) is 0 Å². The molecule has 54 valence electrons. The lowest BCUT2D eigenvalue weighted by Crippen LogP contribution is -2.41. The molecule has 0 saturated heterocycles. The maximum atomic E-state index is 9.81. The Morgan fingerprint density at radius 1 is 1.78 bits per heavy atom. The lowest BCUT2D eigenvalue weighted by Gasteiger charge is -2.04. The van der Waals surface area contributed by atoms with Gasteiger partial charge >= 0.3 is 0 Å². The molecular weight excluding hydrogens is 142 g/mol. The van der Waals surface area contributed by atoms with E-state index in [1.807, 2.05) is 0 Å². The fraction of sp³-hybridized carbons (Fsp3) is 0.750. The van der Waals surface area contributed by atoms with Crippen molar-refractivity contribution < 1.29 is 4.79 Å². The summed E-state index contributed by atoms with van der Waals surface area (Å²) in [6.45, 7) is 0.483. The largest absolute Gasteiger partial charge is 0.303 e. The lowest BCUT2D eigenvalue weighted by atomic mass is 10.3. The van der Waals surface area contributed by atoms with Gasteiger partial charge in [-0.3, -0.25) is 5.84 Å². The van der Waals surface area contributed by atoms with E-state index in [4.69, 9.17) is 17.4 Å². The zero-order valence-electron chi connectivity index (χ0n) is 4.93. The van der Waals surface area contributed by atoms with Crippen LogP contribution in [-0.4, -0.2) is 18.2 Å². The zero-order valence-corrected chi connectivity index (χ0v) is 5.69. The molecule has 5 heteroatoms. The van der Waals surface area contributed by atoms with Crippen LogP contribution in [0, 0.1) is 0 Å². The van der Waals surface area contributed by atoms with Crippen molar-refractivity contribution in [3.05, 3.63) is 0 Å². The Morgan fingerprint density at radius 3 is 2.89 bits per heavy atom. The van der Waals surface area contributed by atoms with Crippen molar-refractivity contribution >= 4 is 17.9 Å². The van der Waals surface area contributed by atoms with Crippen LogP contribution < -0.4 is 16.8 Å². The van der Waals surface area contributed by atoms with Crippen molar-refractivity contribution in [1.29, 1.82) is 0 Å². The van der Waals surface area contributed by atoms with Gasteiger partial charge in [0.2, 0.25) is 0 Å². The first-order chi connectivity index (χ1) is 4.31. The molecule has 4 nitrogen and oxygen atoms in total. The van der Waals surface area contributed by atoms with E-state index in [0.29, 0.717) is 13.0 Å². The summed E-state index contributed by atoms with van der Waals surface area (Å²) in [6.07, 6.45) is 1.12. The first kappa shape index (κ1) is 8.84. The molecule has 0 aromatic heterocycles. The molecule has 0 aromatic rings. The Balaban J connectivity index is 3.04. The van der Waals surface area contributed by atoms with E-state index < -0.39 is 0 Å². The molecule has 0 radical (unpaired) electrons. The number of aldehydes is 1. The molecule has 0 aliphatic rings. The number of nitrogens with one attached hydrogen (secondary N) is 2. The minimum Gasteiger partial charge on any atom is -0.303 e. The molecule has 0 aliphatic carbocycles. The molecule has 0 bridgehead atoms. The quantitative estimate of drug-likeness (QED) is 0.207. The molecule has 0 amide bonds. The van der Waals surface area contributed by atoms with Gasteiger partial charge in [-0.1, -0.05) is 0 Å². The van der Waals surface area contributed by atoms with E-state index in [-0.39, 0.29) is 5.38 Å². The topological polar surface area (TPSA) is 67.2 Å². The summed E-state index contributed by atoms with van der Waals surface area (Å²) in [5.74, 6) is 4.86. The van der Waals surface area contributed by atoms with Crippen LogP contribution in [0.25, 0.3) is 0 Å². The first-order valence-corrected chi connectivity index (χ1v) is 3.01. The van der Waals surface area contributed by atoms with E-state index in [1.165, 1.54) is 0 Å². The molecule has 0 fully saturated rings. The molecule has 0 aromatic carbocycles. The van der Waals surface area contributed by atoms with Gasteiger partial charge in [0, 0.05) is 13.0 Å². The van der Waals surface area contributed by atoms with Crippen molar-refractivity contribution in [1.82, 2.24) is 11.0 Å². The van der Waals surface area contributed by atoms with Gasteiger partial charge in [0.1, 0.15) is 6.29 Å². The van der Waals surface area contributed by atoms with Crippen molar-refractivity contribution in [2.45, 2.75) is 11.8 Å². The third kappa shape index (κ3) is 5.72. The van der Waals surface area contributed by atoms with Gasteiger partial charge in [0.25, 0.3) is 0 Å². The van der Waals surface area contributed by atoms with Crippen LogP contribution in [0.2, 0.25) is 0 Å². The van der Waals surface area contributed by atoms with Crippen molar-refractivity contribution in [2.75, 3.05) is 6.54 Å². The molecule has 4 N–H and O–H groups in total. The Kier molecular flexibility index (Phi) is 5.86. The average molecular weight is 152 g/mol. The predicted octanol–water partition coefficient (Wildman–Crippen LogP) is -0.849. The maximum Gasteiger partial charge on any atom is 0.121 e. The van der Waals surface area contributed by atoms with Gasteiger partial charge in [-0.25, -0.2) is 5.43 Å². The average Bonchev–Trinajstić information content (AvgIpc) is 1.85. The third-order valence-corrected chi connectivity index (χ3v) is 1.11. The van der Waals surface area contributed by atoms with Gasteiger partial charge in [-0.2, -0.15) is 5.53 Å². The zero-order chi connectivity index (χ0) is 7.11. The summed E-state index contributed by atoms with van der Waals surface area (Å²) in [5, 5.41) is -0.182. The minimum atomic E-state index is -0.182. The maximum absolute atomic E-state index is 9.81. The monoisotopic (exact) mass is 151 g/mol. The highest BCUT2D eigenvalue weighted by Gasteiger charge is 2.00. The highest BCUT2D eigenvalue weighted by atomic mass is 35.5. The Bertz CT molecular complexity index is 80.2. The SMILES string of the molecule is NNNCC(Cl)CC=O. The van der Waals surface area contributed by atoms with E-state index in [2.05, 4.69) is 11.0 Å². The Labute approximate surface area is 58.7 Å². The van der Waals surface area contributed by atoms with Crippen LogP contribution in [0.5, 0.6) is 0 Å². The molecular formula is C4H10ClN3O. The van der Waals surface area contributed by atoms with Crippen LogP contribution in [-0.2, 0) is 4.79 Å². The van der Waals surface area contributed by atoms with E-state index in [9.17, 15) is 4.79 Å². The molecule has 1 unspecified atom stereocenters. The van der Waals surface area contributed by atoms with Crippen LogP contribution in [0.15, 0.2) is 0 Å². The minimum absolute atomic E-state index is 0.182. The highest BCUT2D eigenvalue weighted by Crippen LogP contribution is 1.95. The number of alkyl halides is 1. The smallest absolute Gasteiger partial charge is 0.121 e. The number of hydrogen-bond donors (Lipinski definition) is 3. The number of carbonyl (C=O) groups is 1. The number of rotatable bonds is 5. The molecule has 0 rings (SSSR count). The second-order valence-corrected chi connectivity index (χ2v) is 2.14. The molecule has 0 heterocycles. The Hall–Kier alpha value is -0.160. The van der Waals surface area contributed by atoms with Gasteiger partial charge in [-0.15, -0.1) is 11.6 Å². The van der Waals surface area contributed by atoms with Gasteiger partial charge in [-0.05, 0) is 0 Å². The van der Waals surface area contributed by atoms with Crippen LogP contribution in [0.4, 0.5) is 0 Å². The third-order valence-electron chi connectivity index (χ3n) is 0.778. The number of nitrogens with two attached hydrogens (primary N) is 1. The lowest BCUT2D eigenvalue weighted by molar-refractivity contribution is -0.107. The summed E-state index contributed by atoms with van der Waals surface area (Å²) >= 11 is 5.57. The van der Waals surface area contributed by atoms with Crippen LogP contribution in [0.3, 0.4) is 0 Å². The Morgan fingerprint density at radius 2 is 2.44 bits per heavy atom. The summed E-state index contributed by atoms with van der Waals surface area (Å²) in [6, 6.07) is 0. The van der Waals surface area contributed by atoms with Crippen molar-refractivity contribution in [3.8, 4) is 0 Å². The second-order valence-electron chi connectivity index (χ2n) is 1.52. The standard InChI is InChI=1S/C4H10ClN3O/c5-4(1-2-9)3-7-8-6/h2,4,7-8H,1,3,6H2. The molecule has 0 spiro atoms. The molecule has 0 saturated carbocycles. The molecule has 9 heavy (non-hydrogen) atoms. The molecule has 1 atom stereocenters. The fourth-order valence-electron chi connectivity index (χ4n) is 0.357. The molecule has 0 aliphatic heterocycles. The predicted molar refractivity (Wildman–Crippen MR) is 35.6 cm³/mol. The highest BCUT2D eigenvalue weighted by molar-refractivity contribution is 6.21. The first-order valence-electron chi connectivity index (χ1n) is 2.57. The fourth-order valence-corrected chi connectivity index (χ4v) is 0.507. The van der Waals surface area contributed by atoms with Gasteiger partial charge in [0.05, 0.1) is 5.38 Å². The second kappa shape index (κ2) is 5.97. The summed E-state index contributed by atoms with van der Waals surface area (Å²) in [5.41, 5.74) is 4.78. The van der Waals surface area contributed by atoms with E-state index in [0.717, 1.165) is 6.29 Å². The van der Waals surface area contributed by atoms with Gasteiger partial charge < -0.3 is 4.79 Å². The van der Waals surface area contributed by atoms with Crippen LogP contribution in [0.1, 0.15) is 6.42 Å². The van der Waals surface area contributed by atoms with Crippen molar-refractivity contribution in [2.24, 2.45) is 5.84 Å². The summed E-state index contributed by atoms with van der Waals surface area (Å²) < 4.78 is 0. The number of hydrogen-bond acceptors (Lipinski definition) is 4.